The van der Waals surface area contributed by atoms with Crippen molar-refractivity contribution in [1.29, 1.82) is 0 Å². The van der Waals surface area contributed by atoms with Crippen LogP contribution in [-0.2, 0) is 6.42 Å². The lowest BCUT2D eigenvalue weighted by atomic mass is 9.90. The van der Waals surface area contributed by atoms with Crippen molar-refractivity contribution in [2.45, 2.75) is 20.3 Å². The highest BCUT2D eigenvalue weighted by molar-refractivity contribution is 5.58. The van der Waals surface area contributed by atoms with Gasteiger partial charge in [0.2, 0.25) is 0 Å². The van der Waals surface area contributed by atoms with Crippen LogP contribution in [0.2, 0.25) is 0 Å². The molecule has 0 aliphatic carbocycles. The van der Waals surface area contributed by atoms with Crippen LogP contribution in [0.15, 0.2) is 12.1 Å². The van der Waals surface area contributed by atoms with Crippen molar-refractivity contribution in [2.24, 2.45) is 5.92 Å². The highest BCUT2D eigenvalue weighted by Crippen LogP contribution is 2.28. The average molecular weight is 191 g/mol. The van der Waals surface area contributed by atoms with E-state index in [0.717, 1.165) is 13.0 Å². The molecule has 0 bridgehead atoms. The number of rotatable bonds is 1. The quantitative estimate of drug-likeness (QED) is 0.710. The smallest absolute Gasteiger partial charge is 0.0479 e. The number of aryl methyl sites for hydroxylation is 2. The maximum absolute atomic E-state index is 9.12. The zero-order valence-electron chi connectivity index (χ0n) is 8.80. The minimum Gasteiger partial charge on any atom is -0.396 e. The van der Waals surface area contributed by atoms with Crippen LogP contribution in [0.25, 0.3) is 0 Å². The highest BCUT2D eigenvalue weighted by Gasteiger charge is 2.18. The molecule has 0 fully saturated rings. The second-order valence-corrected chi connectivity index (χ2v) is 4.24. The Balaban J connectivity index is 2.37. The van der Waals surface area contributed by atoms with Gasteiger partial charge in [-0.05, 0) is 43.0 Å². The number of aliphatic hydroxyl groups excluding tert-OH is 1. The zero-order valence-corrected chi connectivity index (χ0v) is 8.80. The first-order valence-corrected chi connectivity index (χ1v) is 5.15. The van der Waals surface area contributed by atoms with Gasteiger partial charge in [0, 0.05) is 24.8 Å². The van der Waals surface area contributed by atoms with Crippen LogP contribution in [0, 0.1) is 19.8 Å². The average Bonchev–Trinajstić information content (AvgIpc) is 2.17. The van der Waals surface area contributed by atoms with Gasteiger partial charge in [0.25, 0.3) is 0 Å². The van der Waals surface area contributed by atoms with Crippen molar-refractivity contribution in [3.05, 3.63) is 28.8 Å². The van der Waals surface area contributed by atoms with E-state index in [-0.39, 0.29) is 6.61 Å². The molecule has 1 aromatic rings. The van der Waals surface area contributed by atoms with Gasteiger partial charge in [-0.1, -0.05) is 6.07 Å². The van der Waals surface area contributed by atoms with Crippen molar-refractivity contribution in [1.82, 2.24) is 0 Å². The molecule has 2 rings (SSSR count). The van der Waals surface area contributed by atoms with Crippen molar-refractivity contribution < 1.29 is 5.11 Å². The van der Waals surface area contributed by atoms with Gasteiger partial charge in [0.15, 0.2) is 0 Å². The van der Waals surface area contributed by atoms with Crippen LogP contribution in [0.3, 0.4) is 0 Å². The molecule has 0 radical (unpaired) electrons. The van der Waals surface area contributed by atoms with Crippen LogP contribution in [0.4, 0.5) is 5.69 Å². The molecule has 1 aliphatic rings. The summed E-state index contributed by atoms with van der Waals surface area (Å²) in [4.78, 5) is 0. The summed E-state index contributed by atoms with van der Waals surface area (Å²) in [5.41, 5.74) is 5.27. The molecule has 14 heavy (non-hydrogen) atoms. The fourth-order valence-corrected chi connectivity index (χ4v) is 2.17. The van der Waals surface area contributed by atoms with E-state index in [0.29, 0.717) is 5.92 Å². The summed E-state index contributed by atoms with van der Waals surface area (Å²) in [6, 6.07) is 4.40. The molecule has 0 aromatic heterocycles. The predicted octanol–water partition coefficient (Wildman–Crippen LogP) is 1.88. The van der Waals surface area contributed by atoms with Gasteiger partial charge in [0.05, 0.1) is 0 Å². The minimum atomic E-state index is 0.278. The molecule has 1 heterocycles. The van der Waals surface area contributed by atoms with Crippen LogP contribution in [0.5, 0.6) is 0 Å². The number of hydrogen-bond donors (Lipinski definition) is 2. The van der Waals surface area contributed by atoms with Gasteiger partial charge >= 0.3 is 0 Å². The Bertz CT molecular complexity index is 346. The predicted molar refractivity (Wildman–Crippen MR) is 58.7 cm³/mol. The Hall–Kier alpha value is -1.02. The molecule has 0 saturated heterocycles. The van der Waals surface area contributed by atoms with Gasteiger partial charge in [0.1, 0.15) is 0 Å². The summed E-state index contributed by atoms with van der Waals surface area (Å²) < 4.78 is 0. The summed E-state index contributed by atoms with van der Waals surface area (Å²) in [6.45, 7) is 5.44. The second-order valence-electron chi connectivity index (χ2n) is 4.24. The van der Waals surface area contributed by atoms with Crippen molar-refractivity contribution in [3.8, 4) is 0 Å². The molecular formula is C12H17NO. The SMILES string of the molecule is Cc1cc(C)c2c(c1)NCC(CO)C2. The normalized spacial score (nSPS) is 20.1. The molecule has 2 N–H and O–H groups in total. The first-order valence-electron chi connectivity index (χ1n) is 5.15. The monoisotopic (exact) mass is 191 g/mol. The molecule has 76 valence electrons. The van der Waals surface area contributed by atoms with Crippen molar-refractivity contribution >= 4 is 5.69 Å². The molecule has 0 spiro atoms. The minimum absolute atomic E-state index is 0.278. The molecule has 1 aromatic carbocycles. The maximum atomic E-state index is 9.12. The Labute approximate surface area is 85.0 Å². The Kier molecular flexibility index (Phi) is 2.46. The van der Waals surface area contributed by atoms with Crippen molar-refractivity contribution in [2.75, 3.05) is 18.5 Å². The summed E-state index contributed by atoms with van der Waals surface area (Å²) >= 11 is 0. The van der Waals surface area contributed by atoms with E-state index in [1.165, 1.54) is 22.4 Å². The largest absolute Gasteiger partial charge is 0.396 e. The summed E-state index contributed by atoms with van der Waals surface area (Å²) in [5.74, 6) is 0.379. The first-order chi connectivity index (χ1) is 6.70. The molecule has 2 heteroatoms. The van der Waals surface area contributed by atoms with E-state index < -0.39 is 0 Å². The van der Waals surface area contributed by atoms with Gasteiger partial charge in [-0.25, -0.2) is 0 Å². The molecule has 2 nitrogen and oxygen atoms in total. The Morgan fingerprint density at radius 2 is 2.21 bits per heavy atom. The topological polar surface area (TPSA) is 32.3 Å². The standard InChI is InChI=1S/C12H17NO/c1-8-3-9(2)11-5-10(7-14)6-13-12(11)4-8/h3-4,10,13-14H,5-7H2,1-2H3. The van der Waals surface area contributed by atoms with E-state index in [2.05, 4.69) is 31.3 Å². The molecule has 1 atom stereocenters. The summed E-state index contributed by atoms with van der Waals surface area (Å²) in [5, 5.41) is 12.5. The lowest BCUT2D eigenvalue weighted by Crippen LogP contribution is -2.26. The fraction of sp³-hybridized carbons (Fsp3) is 0.500. The lowest BCUT2D eigenvalue weighted by molar-refractivity contribution is 0.230. The number of hydrogen-bond acceptors (Lipinski definition) is 2. The lowest BCUT2D eigenvalue weighted by Gasteiger charge is -2.26. The van der Waals surface area contributed by atoms with Crippen LogP contribution < -0.4 is 5.32 Å². The van der Waals surface area contributed by atoms with E-state index in [1.54, 1.807) is 0 Å². The zero-order chi connectivity index (χ0) is 10.1. The van der Waals surface area contributed by atoms with Gasteiger partial charge in [-0.15, -0.1) is 0 Å². The fourth-order valence-electron chi connectivity index (χ4n) is 2.17. The summed E-state index contributed by atoms with van der Waals surface area (Å²) in [6.07, 6.45) is 1.00. The van der Waals surface area contributed by atoms with Crippen molar-refractivity contribution in [3.63, 3.8) is 0 Å². The first kappa shape index (κ1) is 9.53. The number of fused-ring (bicyclic) bond motifs is 1. The van der Waals surface area contributed by atoms with Crippen LogP contribution in [-0.4, -0.2) is 18.3 Å². The number of nitrogens with one attached hydrogen (secondary N) is 1. The van der Waals surface area contributed by atoms with E-state index in [1.807, 2.05) is 0 Å². The van der Waals surface area contributed by atoms with Gasteiger partial charge in [-0.2, -0.15) is 0 Å². The molecule has 0 amide bonds. The summed E-state index contributed by atoms with van der Waals surface area (Å²) in [7, 11) is 0. The third kappa shape index (κ3) is 1.62. The van der Waals surface area contributed by atoms with Crippen LogP contribution >= 0.6 is 0 Å². The highest BCUT2D eigenvalue weighted by atomic mass is 16.3. The number of anilines is 1. The second kappa shape index (κ2) is 3.62. The van der Waals surface area contributed by atoms with E-state index >= 15 is 0 Å². The van der Waals surface area contributed by atoms with E-state index in [9.17, 15) is 0 Å². The molecule has 1 unspecified atom stereocenters. The van der Waals surface area contributed by atoms with Gasteiger partial charge in [-0.3, -0.25) is 0 Å². The molecular weight excluding hydrogens is 174 g/mol. The Morgan fingerprint density at radius 3 is 2.93 bits per heavy atom. The maximum Gasteiger partial charge on any atom is 0.0479 e. The molecule has 0 saturated carbocycles. The Morgan fingerprint density at radius 1 is 1.43 bits per heavy atom. The third-order valence-electron chi connectivity index (χ3n) is 2.95. The number of aliphatic hydroxyl groups is 1. The third-order valence-corrected chi connectivity index (χ3v) is 2.95. The van der Waals surface area contributed by atoms with E-state index in [4.69, 9.17) is 5.11 Å². The molecule has 1 aliphatic heterocycles. The van der Waals surface area contributed by atoms with Gasteiger partial charge < -0.3 is 10.4 Å². The number of benzene rings is 1. The van der Waals surface area contributed by atoms with Crippen LogP contribution in [0.1, 0.15) is 16.7 Å².